The number of guanidine groups is 2. The molecule has 0 aromatic carbocycles. The Hall–Kier alpha value is -0.0800. The first-order valence-corrected chi connectivity index (χ1v) is 3.87. The van der Waals surface area contributed by atoms with E-state index in [1.54, 1.807) is 0 Å². The maximum absolute atomic E-state index is 8.10. The molecule has 0 bridgehead atoms. The van der Waals surface area contributed by atoms with Gasteiger partial charge in [-0.1, -0.05) is 0 Å². The minimum atomic E-state index is -0.00208. The molecule has 0 rings (SSSR count). The summed E-state index contributed by atoms with van der Waals surface area (Å²) in [7, 11) is 0. The summed E-state index contributed by atoms with van der Waals surface area (Å²) in [6, 6.07) is 0. The van der Waals surface area contributed by atoms with E-state index < -0.39 is 0 Å². The molecule has 0 aliphatic heterocycles. The van der Waals surface area contributed by atoms with Crippen LogP contribution in [0.5, 0.6) is 0 Å². The predicted molar refractivity (Wildman–Crippen MR) is 86.4 cm³/mol. The van der Waals surface area contributed by atoms with Crippen LogP contribution in [0.25, 0.3) is 0 Å². The highest BCUT2D eigenvalue weighted by Gasteiger charge is 1.75. The highest BCUT2D eigenvalue weighted by molar-refractivity contribution is 14.0. The Balaban J connectivity index is -0.0000000800. The van der Waals surface area contributed by atoms with Crippen LogP contribution >= 0.6 is 48.0 Å². The van der Waals surface area contributed by atoms with Crippen molar-refractivity contribution in [2.24, 2.45) is 32.9 Å². The molecule has 8 nitrogen and oxygen atoms in total. The average molecular weight is 462 g/mol. The first kappa shape index (κ1) is 24.9. The molecule has 0 unspecified atom stereocenters. The number of nitrogens with zero attached hydrogens (tertiary/aromatic N) is 2. The van der Waals surface area contributed by atoms with Gasteiger partial charge in [0.15, 0.2) is 11.9 Å². The zero-order chi connectivity index (χ0) is 11.4. The highest BCUT2D eigenvalue weighted by Crippen LogP contribution is 1.61. The van der Waals surface area contributed by atoms with Gasteiger partial charge in [0, 0.05) is 0 Å². The first-order chi connectivity index (χ1) is 6.54. The smallest absolute Gasteiger partial charge is 0.185 e. The van der Waals surface area contributed by atoms with Crippen molar-refractivity contribution in [3.8, 4) is 0 Å². The van der Waals surface area contributed by atoms with Gasteiger partial charge in [0.05, 0.1) is 26.3 Å². The van der Waals surface area contributed by atoms with Gasteiger partial charge in [-0.15, -0.1) is 48.0 Å². The second-order valence-electron chi connectivity index (χ2n) is 2.06. The number of hydrogen-bond acceptors (Lipinski definition) is 4. The summed E-state index contributed by atoms with van der Waals surface area (Å²) < 4.78 is 0. The van der Waals surface area contributed by atoms with Gasteiger partial charge >= 0.3 is 0 Å². The standard InChI is InChI=1S/2C3H9N3O.2HI/c2*4-3(5)6-1-2-7;;/h2*7H,1-2H2,(H4,4,5,6);2*1H. The summed E-state index contributed by atoms with van der Waals surface area (Å²) in [5.74, 6) is 0.0445. The van der Waals surface area contributed by atoms with E-state index in [1.165, 1.54) is 0 Å². The number of rotatable bonds is 4. The predicted octanol–water partition coefficient (Wildman–Crippen LogP) is -2.26. The normalized spacial score (nSPS) is 7.12. The number of aliphatic hydroxyl groups excluding tert-OH is 2. The molecule has 0 aromatic rings. The molecule has 0 aromatic heterocycles. The van der Waals surface area contributed by atoms with Crippen LogP contribution in [-0.2, 0) is 0 Å². The van der Waals surface area contributed by atoms with Crippen molar-refractivity contribution in [3.05, 3.63) is 0 Å². The van der Waals surface area contributed by atoms with Gasteiger partial charge in [0.1, 0.15) is 0 Å². The zero-order valence-electron chi connectivity index (χ0n) is 8.74. The van der Waals surface area contributed by atoms with E-state index in [1.807, 2.05) is 0 Å². The molecule has 0 spiro atoms. The Morgan fingerprint density at radius 1 is 0.750 bits per heavy atom. The summed E-state index contributed by atoms with van der Waals surface area (Å²) >= 11 is 0. The van der Waals surface area contributed by atoms with Crippen LogP contribution in [-0.4, -0.2) is 48.4 Å². The number of aliphatic hydroxyl groups is 2. The fourth-order valence-corrected chi connectivity index (χ4v) is 0.358. The van der Waals surface area contributed by atoms with Gasteiger partial charge in [0.2, 0.25) is 0 Å². The largest absolute Gasteiger partial charge is 0.394 e. The second kappa shape index (κ2) is 20.3. The lowest BCUT2D eigenvalue weighted by Crippen LogP contribution is -2.23. The van der Waals surface area contributed by atoms with Crippen molar-refractivity contribution in [3.63, 3.8) is 0 Å². The van der Waals surface area contributed by atoms with Crippen molar-refractivity contribution in [1.29, 1.82) is 0 Å². The summed E-state index contributed by atoms with van der Waals surface area (Å²) in [4.78, 5) is 6.93. The number of aliphatic imine (C=N–C) groups is 2. The van der Waals surface area contributed by atoms with Crippen LogP contribution in [0.2, 0.25) is 0 Å². The Labute approximate surface area is 129 Å². The van der Waals surface area contributed by atoms with E-state index in [9.17, 15) is 0 Å². The fraction of sp³-hybridized carbons (Fsp3) is 0.667. The molecule has 0 saturated carbocycles. The van der Waals surface area contributed by atoms with Crippen molar-refractivity contribution >= 4 is 59.9 Å². The van der Waals surface area contributed by atoms with Gasteiger partial charge < -0.3 is 33.1 Å². The molecular weight excluding hydrogens is 442 g/mol. The molecule has 0 aliphatic carbocycles. The Morgan fingerprint density at radius 3 is 1.06 bits per heavy atom. The van der Waals surface area contributed by atoms with E-state index in [0.29, 0.717) is 13.1 Å². The number of nitrogens with two attached hydrogens (primary N) is 4. The molecular formula is C6H20I2N6O2. The Kier molecular flexibility index (Phi) is 31.7. The van der Waals surface area contributed by atoms with Crippen LogP contribution in [0.15, 0.2) is 9.98 Å². The third-order valence-corrected chi connectivity index (χ3v) is 0.789. The monoisotopic (exact) mass is 462 g/mol. The molecule has 0 saturated heterocycles. The van der Waals surface area contributed by atoms with Crippen LogP contribution in [0.1, 0.15) is 0 Å². The molecule has 0 heterocycles. The lowest BCUT2D eigenvalue weighted by molar-refractivity contribution is 0.306. The summed E-state index contributed by atoms with van der Waals surface area (Å²) in [5.41, 5.74) is 19.6. The van der Waals surface area contributed by atoms with Crippen LogP contribution in [0.4, 0.5) is 0 Å². The molecule has 0 amide bonds. The molecule has 100 valence electrons. The van der Waals surface area contributed by atoms with Gasteiger partial charge in [-0.2, -0.15) is 0 Å². The number of halogens is 2. The van der Waals surface area contributed by atoms with E-state index in [2.05, 4.69) is 9.98 Å². The van der Waals surface area contributed by atoms with E-state index >= 15 is 0 Å². The lowest BCUT2D eigenvalue weighted by atomic mass is 10.7. The minimum Gasteiger partial charge on any atom is -0.394 e. The van der Waals surface area contributed by atoms with Crippen LogP contribution < -0.4 is 22.9 Å². The Morgan fingerprint density at radius 2 is 1.00 bits per heavy atom. The summed E-state index contributed by atoms with van der Waals surface area (Å²) in [5, 5.41) is 16.2. The van der Waals surface area contributed by atoms with Gasteiger partial charge in [-0.05, 0) is 0 Å². The molecule has 0 aliphatic rings. The zero-order valence-corrected chi connectivity index (χ0v) is 13.4. The molecule has 16 heavy (non-hydrogen) atoms. The summed E-state index contributed by atoms with van der Waals surface area (Å²) in [6.45, 7) is 0.584. The van der Waals surface area contributed by atoms with E-state index in [4.69, 9.17) is 33.1 Å². The minimum absolute atomic E-state index is 0. The van der Waals surface area contributed by atoms with Gasteiger partial charge in [0.25, 0.3) is 0 Å². The van der Waals surface area contributed by atoms with E-state index in [0.717, 1.165) is 0 Å². The SMILES string of the molecule is I.I.NC(N)=NCCO.NC(N)=NCCO. The average Bonchev–Trinajstić information content (AvgIpc) is 2.12. The third-order valence-electron chi connectivity index (χ3n) is 0.789. The molecule has 0 atom stereocenters. The van der Waals surface area contributed by atoms with E-state index in [-0.39, 0.29) is 73.1 Å². The van der Waals surface area contributed by atoms with Crippen molar-refractivity contribution < 1.29 is 10.2 Å². The van der Waals surface area contributed by atoms with Gasteiger partial charge in [-0.25, -0.2) is 0 Å². The maximum atomic E-state index is 8.10. The number of hydrogen-bond donors (Lipinski definition) is 6. The second-order valence-corrected chi connectivity index (χ2v) is 2.06. The molecule has 10 heteroatoms. The molecule has 0 fully saturated rings. The quantitative estimate of drug-likeness (QED) is 0.157. The Bertz CT molecular complexity index is 162. The van der Waals surface area contributed by atoms with Gasteiger partial charge in [-0.3, -0.25) is 9.98 Å². The van der Waals surface area contributed by atoms with Crippen LogP contribution in [0.3, 0.4) is 0 Å². The summed E-state index contributed by atoms with van der Waals surface area (Å²) in [6.07, 6.45) is 0. The molecule has 10 N–H and O–H groups in total. The maximum Gasteiger partial charge on any atom is 0.185 e. The third kappa shape index (κ3) is 37.0. The topological polar surface area (TPSA) is 169 Å². The first-order valence-electron chi connectivity index (χ1n) is 3.87. The van der Waals surface area contributed by atoms with Crippen molar-refractivity contribution in [2.45, 2.75) is 0 Å². The lowest BCUT2D eigenvalue weighted by Gasteiger charge is -1.86. The highest BCUT2D eigenvalue weighted by atomic mass is 127. The molecule has 0 radical (unpaired) electrons. The van der Waals surface area contributed by atoms with Crippen LogP contribution in [0, 0.1) is 0 Å². The van der Waals surface area contributed by atoms with Crippen molar-refractivity contribution in [2.75, 3.05) is 26.3 Å². The van der Waals surface area contributed by atoms with Crippen molar-refractivity contribution in [1.82, 2.24) is 0 Å². The fourth-order valence-electron chi connectivity index (χ4n) is 0.358.